The van der Waals surface area contributed by atoms with Gasteiger partial charge in [0.05, 0.1) is 4.92 Å². The van der Waals surface area contributed by atoms with E-state index in [1.54, 1.807) is 25.1 Å². The van der Waals surface area contributed by atoms with Crippen LogP contribution in [0.3, 0.4) is 0 Å². The number of nitro benzene ring substituents is 1. The molecule has 0 aliphatic heterocycles. The fourth-order valence-electron chi connectivity index (χ4n) is 8.96. The van der Waals surface area contributed by atoms with E-state index in [1.807, 2.05) is 0 Å². The molecule has 3 saturated carbocycles. The summed E-state index contributed by atoms with van der Waals surface area (Å²) in [5.41, 5.74) is 0.218. The molecule has 186 valence electrons. The van der Waals surface area contributed by atoms with Crippen LogP contribution in [0.4, 0.5) is 5.69 Å². The second kappa shape index (κ2) is 8.10. The molecular weight excluding hydrogens is 446 g/mol. The van der Waals surface area contributed by atoms with Gasteiger partial charge in [0.15, 0.2) is 5.78 Å². The molecule has 0 aromatic heterocycles. The Morgan fingerprint density at radius 2 is 1.86 bits per heavy atom. The van der Waals surface area contributed by atoms with Crippen molar-refractivity contribution in [2.75, 3.05) is 0 Å². The first-order chi connectivity index (χ1) is 16.5. The molecule has 7 heteroatoms. The van der Waals surface area contributed by atoms with Gasteiger partial charge in [0.25, 0.3) is 5.69 Å². The number of aromatic carboxylic acids is 1. The van der Waals surface area contributed by atoms with E-state index < -0.39 is 22.2 Å². The maximum absolute atomic E-state index is 12.9. The van der Waals surface area contributed by atoms with Crippen molar-refractivity contribution in [3.63, 3.8) is 0 Å². The van der Waals surface area contributed by atoms with Crippen molar-refractivity contribution >= 4 is 23.2 Å². The Bertz CT molecular complexity index is 1170. The Labute approximate surface area is 205 Å². The molecule has 0 spiro atoms. The van der Waals surface area contributed by atoms with Crippen molar-refractivity contribution in [1.82, 2.24) is 0 Å². The third-order valence-corrected chi connectivity index (χ3v) is 10.5. The number of carboxylic acid groups (broad SMARTS) is 1. The number of Topliss-reactive ketones (excluding diaryl/α,β-unsaturated/α-hetero) is 1. The van der Waals surface area contributed by atoms with Gasteiger partial charge in [0.2, 0.25) is 0 Å². The van der Waals surface area contributed by atoms with Crippen LogP contribution in [0.1, 0.15) is 87.6 Å². The Balaban J connectivity index is 1.63. The van der Waals surface area contributed by atoms with Crippen LogP contribution in [0.15, 0.2) is 29.8 Å². The molecule has 1 aromatic carbocycles. The molecule has 1 aromatic rings. The average molecular weight is 480 g/mol. The van der Waals surface area contributed by atoms with E-state index in [1.165, 1.54) is 6.07 Å². The number of carbonyl (C=O) groups excluding carboxylic acids is 2. The zero-order valence-corrected chi connectivity index (χ0v) is 20.6. The molecule has 0 heterocycles. The minimum atomic E-state index is -1.34. The third-order valence-electron chi connectivity index (χ3n) is 10.5. The number of carboxylic acids is 1. The summed E-state index contributed by atoms with van der Waals surface area (Å²) in [5, 5.41) is 21.8. The highest BCUT2D eigenvalue weighted by Gasteiger charge is 2.62. The van der Waals surface area contributed by atoms with Crippen LogP contribution in [-0.2, 0) is 9.59 Å². The largest absolute Gasteiger partial charge is 0.477 e. The predicted molar refractivity (Wildman–Crippen MR) is 129 cm³/mol. The first-order valence-corrected chi connectivity index (χ1v) is 12.7. The number of fused-ring (bicyclic) bond motifs is 5. The molecule has 4 aliphatic carbocycles. The van der Waals surface area contributed by atoms with E-state index in [4.69, 9.17) is 0 Å². The minimum Gasteiger partial charge on any atom is -0.477 e. The van der Waals surface area contributed by atoms with E-state index in [2.05, 4.69) is 13.8 Å². The highest BCUT2D eigenvalue weighted by molar-refractivity contribution is 5.95. The topological polar surface area (TPSA) is 115 Å². The van der Waals surface area contributed by atoms with Crippen LogP contribution >= 0.6 is 0 Å². The number of carbonyl (C=O) groups is 3. The Hall–Kier alpha value is -2.83. The molecule has 7 atom stereocenters. The second-order valence-electron chi connectivity index (χ2n) is 11.7. The third kappa shape index (κ3) is 3.34. The summed E-state index contributed by atoms with van der Waals surface area (Å²) in [6.07, 6.45) is 7.43. The first-order valence-electron chi connectivity index (χ1n) is 12.7. The summed E-state index contributed by atoms with van der Waals surface area (Å²) in [6, 6.07) is 4.47. The van der Waals surface area contributed by atoms with Gasteiger partial charge in [-0.25, -0.2) is 4.79 Å². The molecule has 3 fully saturated rings. The van der Waals surface area contributed by atoms with E-state index in [-0.39, 0.29) is 46.5 Å². The number of benzene rings is 1. The summed E-state index contributed by atoms with van der Waals surface area (Å²) in [7, 11) is 0. The lowest BCUT2D eigenvalue weighted by Crippen LogP contribution is -2.53. The van der Waals surface area contributed by atoms with Crippen molar-refractivity contribution in [3.05, 3.63) is 51.1 Å². The molecule has 0 saturated heterocycles. The summed E-state index contributed by atoms with van der Waals surface area (Å²) in [6.45, 7) is 6.15. The molecule has 0 amide bonds. The Kier molecular flexibility index (Phi) is 5.53. The van der Waals surface area contributed by atoms with Crippen LogP contribution in [0.25, 0.3) is 0 Å². The molecule has 35 heavy (non-hydrogen) atoms. The lowest BCUT2D eigenvalue weighted by Gasteiger charge is -2.60. The van der Waals surface area contributed by atoms with Crippen LogP contribution in [0.5, 0.6) is 0 Å². The van der Waals surface area contributed by atoms with Gasteiger partial charge < -0.3 is 5.11 Å². The number of nitrogens with zero attached hydrogens (tertiary/aromatic N) is 1. The van der Waals surface area contributed by atoms with Gasteiger partial charge in [-0.1, -0.05) is 31.6 Å². The van der Waals surface area contributed by atoms with Crippen molar-refractivity contribution in [3.8, 4) is 0 Å². The maximum atomic E-state index is 12.9. The van der Waals surface area contributed by atoms with Crippen LogP contribution in [0.2, 0.25) is 0 Å². The fourth-order valence-corrected chi connectivity index (χ4v) is 8.96. The van der Waals surface area contributed by atoms with Gasteiger partial charge in [-0.15, -0.1) is 0 Å². The summed E-state index contributed by atoms with van der Waals surface area (Å²) >= 11 is 0. The van der Waals surface area contributed by atoms with Crippen molar-refractivity contribution < 1.29 is 24.4 Å². The lowest BCUT2D eigenvalue weighted by molar-refractivity contribution is -0.386. The first kappa shape index (κ1) is 23.9. The van der Waals surface area contributed by atoms with Gasteiger partial charge in [-0.3, -0.25) is 19.7 Å². The van der Waals surface area contributed by atoms with Gasteiger partial charge in [-0.05, 0) is 86.2 Å². The number of nitro groups is 1. The number of para-hydroxylation sites is 1. The predicted octanol–water partition coefficient (Wildman–Crippen LogP) is 5.72. The molecule has 1 unspecified atom stereocenters. The summed E-state index contributed by atoms with van der Waals surface area (Å²) < 4.78 is 0. The van der Waals surface area contributed by atoms with E-state index in [9.17, 15) is 29.6 Å². The number of hydrogen-bond acceptors (Lipinski definition) is 5. The Morgan fingerprint density at radius 3 is 2.51 bits per heavy atom. The standard InChI is InChI=1S/C28H33NO6/c1-15(30)21-9-10-22-18-8-7-16-13-17(31)14-24(28(16,3)23(18)11-12-27(21,22)2)19-5-4-6-20(26(32)33)25(19)29(34)35/h4-6,13,18,21-24H,7-12,14H2,1-3H3,(H,32,33)/t18-,21+,22-,23-,24?,27+,28+/m0/s1. The smallest absolute Gasteiger partial charge is 0.342 e. The quantitative estimate of drug-likeness (QED) is 0.436. The van der Waals surface area contributed by atoms with E-state index in [0.29, 0.717) is 17.4 Å². The van der Waals surface area contributed by atoms with Crippen LogP contribution < -0.4 is 0 Å². The number of allylic oxidation sites excluding steroid dienone is 1. The second-order valence-corrected chi connectivity index (χ2v) is 11.7. The van der Waals surface area contributed by atoms with Gasteiger partial charge in [-0.2, -0.15) is 0 Å². The molecule has 7 nitrogen and oxygen atoms in total. The van der Waals surface area contributed by atoms with Gasteiger partial charge >= 0.3 is 5.97 Å². The zero-order valence-electron chi connectivity index (χ0n) is 20.6. The lowest BCUT2D eigenvalue weighted by atomic mass is 9.44. The van der Waals surface area contributed by atoms with Crippen LogP contribution in [0, 0.1) is 44.6 Å². The summed E-state index contributed by atoms with van der Waals surface area (Å²) in [4.78, 5) is 48.7. The highest BCUT2D eigenvalue weighted by atomic mass is 16.6. The number of hydrogen-bond donors (Lipinski definition) is 1. The SMILES string of the molecule is CC(=O)[C@H]1CC[C@H]2[C@@H]3CCC4=CC(=O)CC(c5cccc(C(=O)O)c5[N+](=O)[O-])[C@@]4(C)[C@H]3CC[C@]12C. The molecule has 5 rings (SSSR count). The monoisotopic (exact) mass is 479 g/mol. The van der Waals surface area contributed by atoms with E-state index >= 15 is 0 Å². The van der Waals surface area contributed by atoms with E-state index in [0.717, 1.165) is 44.1 Å². The molecule has 4 aliphatic rings. The minimum absolute atomic E-state index is 0.0141. The molecule has 1 N–H and O–H groups in total. The fraction of sp³-hybridized carbons (Fsp3) is 0.607. The Morgan fingerprint density at radius 1 is 1.11 bits per heavy atom. The number of ketones is 2. The molecular formula is C28H33NO6. The highest BCUT2D eigenvalue weighted by Crippen LogP contribution is 2.69. The van der Waals surface area contributed by atoms with Crippen molar-refractivity contribution in [1.29, 1.82) is 0 Å². The summed E-state index contributed by atoms with van der Waals surface area (Å²) in [5.74, 6) is -0.417. The maximum Gasteiger partial charge on any atom is 0.342 e. The van der Waals surface area contributed by atoms with Crippen molar-refractivity contribution in [2.24, 2.45) is 34.5 Å². The molecule has 0 bridgehead atoms. The average Bonchev–Trinajstić information content (AvgIpc) is 3.16. The normalized spacial score (nSPS) is 38.1. The van der Waals surface area contributed by atoms with Crippen LogP contribution in [-0.4, -0.2) is 27.6 Å². The zero-order chi connectivity index (χ0) is 25.3. The molecule has 0 radical (unpaired) electrons. The number of rotatable bonds is 4. The van der Waals surface area contributed by atoms with Crippen molar-refractivity contribution in [2.45, 2.75) is 71.6 Å². The van der Waals surface area contributed by atoms with Gasteiger partial charge in [0.1, 0.15) is 11.3 Å². The van der Waals surface area contributed by atoms with Gasteiger partial charge in [0, 0.05) is 23.8 Å².